The van der Waals surface area contributed by atoms with E-state index < -0.39 is 24.2 Å². The van der Waals surface area contributed by atoms with Crippen molar-refractivity contribution in [3.05, 3.63) is 59.7 Å². The molecular formula is C27H32N2O6. The molecule has 186 valence electrons. The molecule has 0 radical (unpaired) electrons. The topological polar surface area (TPSA) is 114 Å². The second kappa shape index (κ2) is 10.9. The third kappa shape index (κ3) is 5.65. The Kier molecular flexibility index (Phi) is 7.70. The first-order valence-electron chi connectivity index (χ1n) is 12.1. The van der Waals surface area contributed by atoms with Gasteiger partial charge < -0.3 is 25.2 Å². The number of carboxylic acid groups (broad SMARTS) is 1. The summed E-state index contributed by atoms with van der Waals surface area (Å²) in [4.78, 5) is 36.4. The molecule has 8 heteroatoms. The summed E-state index contributed by atoms with van der Waals surface area (Å²) in [6.07, 6.45) is -0.792. The third-order valence-electron chi connectivity index (χ3n) is 6.88. The summed E-state index contributed by atoms with van der Waals surface area (Å²) in [6, 6.07) is 15.9. The van der Waals surface area contributed by atoms with Crippen molar-refractivity contribution in [2.24, 2.45) is 11.8 Å². The van der Waals surface area contributed by atoms with Crippen molar-refractivity contribution in [3.8, 4) is 11.1 Å². The van der Waals surface area contributed by atoms with Gasteiger partial charge in [0.15, 0.2) is 6.10 Å². The van der Waals surface area contributed by atoms with Crippen molar-refractivity contribution < 1.29 is 29.0 Å². The number of carbonyl (C=O) groups is 3. The van der Waals surface area contributed by atoms with Gasteiger partial charge in [0.25, 0.3) is 0 Å². The molecule has 35 heavy (non-hydrogen) atoms. The zero-order chi connectivity index (χ0) is 24.9. The molecule has 1 aliphatic heterocycles. The number of alkyl carbamates (subject to hydrolysis) is 1. The Morgan fingerprint density at radius 3 is 2.29 bits per heavy atom. The molecule has 1 saturated heterocycles. The standard InChI is InChI=1S/C27H32N2O6/c1-16(2)23(13-24(30)28-14-17-11-12-34-25(17)26(31)32)29-27(33)35-15-22-20-9-5-3-7-18(20)19-8-4-6-10-21(19)22/h3-10,16-17,22-23,25H,11-15H2,1-2H3,(H,28,30)(H,29,33)(H,31,32). The summed E-state index contributed by atoms with van der Waals surface area (Å²) >= 11 is 0. The van der Waals surface area contributed by atoms with Gasteiger partial charge >= 0.3 is 12.1 Å². The number of carbonyl (C=O) groups excluding carboxylic acids is 2. The summed E-state index contributed by atoms with van der Waals surface area (Å²) in [5, 5.41) is 14.8. The van der Waals surface area contributed by atoms with Gasteiger partial charge in [0, 0.05) is 37.5 Å². The molecule has 3 atom stereocenters. The number of ether oxygens (including phenoxy) is 2. The lowest BCUT2D eigenvalue weighted by Crippen LogP contribution is -2.44. The van der Waals surface area contributed by atoms with E-state index in [1.807, 2.05) is 38.1 Å². The first kappa shape index (κ1) is 24.7. The molecule has 0 saturated carbocycles. The maximum absolute atomic E-state index is 12.7. The number of nitrogens with one attached hydrogen (secondary N) is 2. The molecule has 8 nitrogen and oxygen atoms in total. The lowest BCUT2D eigenvalue weighted by molar-refractivity contribution is -0.149. The van der Waals surface area contributed by atoms with E-state index in [0.717, 1.165) is 22.3 Å². The molecule has 0 spiro atoms. The minimum Gasteiger partial charge on any atom is -0.479 e. The second-order valence-electron chi connectivity index (χ2n) is 9.51. The Morgan fingerprint density at radius 2 is 1.69 bits per heavy atom. The molecule has 2 amide bonds. The predicted octanol–water partition coefficient (Wildman–Crippen LogP) is 3.55. The zero-order valence-corrected chi connectivity index (χ0v) is 20.0. The summed E-state index contributed by atoms with van der Waals surface area (Å²) in [5.41, 5.74) is 4.59. The first-order valence-corrected chi connectivity index (χ1v) is 12.1. The van der Waals surface area contributed by atoms with Crippen LogP contribution < -0.4 is 10.6 Å². The number of hydrogen-bond acceptors (Lipinski definition) is 5. The van der Waals surface area contributed by atoms with Crippen LogP contribution in [0.3, 0.4) is 0 Å². The van der Waals surface area contributed by atoms with Crippen molar-refractivity contribution in [2.75, 3.05) is 19.8 Å². The van der Waals surface area contributed by atoms with E-state index in [2.05, 4.69) is 34.9 Å². The minimum absolute atomic E-state index is 0.00261. The highest BCUT2D eigenvalue weighted by Gasteiger charge is 2.34. The van der Waals surface area contributed by atoms with Crippen LogP contribution in [-0.2, 0) is 19.1 Å². The molecule has 2 aliphatic rings. The van der Waals surface area contributed by atoms with Crippen molar-refractivity contribution in [3.63, 3.8) is 0 Å². The van der Waals surface area contributed by atoms with Gasteiger partial charge in [-0.15, -0.1) is 0 Å². The Bertz CT molecular complexity index is 1040. The Labute approximate surface area is 205 Å². The lowest BCUT2D eigenvalue weighted by atomic mass is 9.98. The van der Waals surface area contributed by atoms with Gasteiger partial charge in [0.2, 0.25) is 5.91 Å². The van der Waals surface area contributed by atoms with Gasteiger partial charge in [-0.05, 0) is 34.6 Å². The van der Waals surface area contributed by atoms with Crippen LogP contribution in [0.5, 0.6) is 0 Å². The molecule has 0 aromatic heterocycles. The summed E-state index contributed by atoms with van der Waals surface area (Å²) in [7, 11) is 0. The Balaban J connectivity index is 1.30. The maximum Gasteiger partial charge on any atom is 0.407 e. The van der Waals surface area contributed by atoms with Crippen LogP contribution in [0, 0.1) is 11.8 Å². The second-order valence-corrected chi connectivity index (χ2v) is 9.51. The predicted molar refractivity (Wildman–Crippen MR) is 130 cm³/mol. The van der Waals surface area contributed by atoms with Gasteiger partial charge in [0.05, 0.1) is 0 Å². The van der Waals surface area contributed by atoms with Gasteiger partial charge in [-0.3, -0.25) is 4.79 Å². The highest BCUT2D eigenvalue weighted by molar-refractivity contribution is 5.80. The van der Waals surface area contributed by atoms with E-state index in [9.17, 15) is 19.5 Å². The summed E-state index contributed by atoms with van der Waals surface area (Å²) < 4.78 is 10.8. The van der Waals surface area contributed by atoms with E-state index in [-0.39, 0.29) is 43.2 Å². The quantitative estimate of drug-likeness (QED) is 0.506. The van der Waals surface area contributed by atoms with E-state index in [1.54, 1.807) is 0 Å². The highest BCUT2D eigenvalue weighted by Crippen LogP contribution is 2.44. The number of aliphatic carboxylic acids is 1. The molecular weight excluding hydrogens is 448 g/mol. The number of amides is 2. The fourth-order valence-corrected chi connectivity index (χ4v) is 4.88. The highest BCUT2D eigenvalue weighted by atomic mass is 16.5. The maximum atomic E-state index is 12.7. The molecule has 2 aromatic rings. The Morgan fingerprint density at radius 1 is 1.06 bits per heavy atom. The van der Waals surface area contributed by atoms with E-state index in [4.69, 9.17) is 9.47 Å². The van der Waals surface area contributed by atoms with Crippen molar-refractivity contribution in [1.82, 2.24) is 10.6 Å². The van der Waals surface area contributed by atoms with Crippen LogP contribution in [0.4, 0.5) is 4.79 Å². The lowest BCUT2D eigenvalue weighted by Gasteiger charge is -2.23. The number of fused-ring (bicyclic) bond motifs is 3. The number of benzene rings is 2. The van der Waals surface area contributed by atoms with Crippen LogP contribution >= 0.6 is 0 Å². The smallest absolute Gasteiger partial charge is 0.407 e. The minimum atomic E-state index is -1.02. The Hall–Kier alpha value is -3.39. The van der Waals surface area contributed by atoms with Gasteiger partial charge in [-0.1, -0.05) is 62.4 Å². The molecule has 3 unspecified atom stereocenters. The number of carboxylic acids is 1. The van der Waals surface area contributed by atoms with Crippen LogP contribution in [-0.4, -0.2) is 55.0 Å². The van der Waals surface area contributed by atoms with Crippen LogP contribution in [0.25, 0.3) is 11.1 Å². The normalized spacial score (nSPS) is 19.6. The van der Waals surface area contributed by atoms with Gasteiger partial charge in [0.1, 0.15) is 6.61 Å². The molecule has 0 bridgehead atoms. The van der Waals surface area contributed by atoms with E-state index >= 15 is 0 Å². The largest absolute Gasteiger partial charge is 0.479 e. The summed E-state index contributed by atoms with van der Waals surface area (Å²) in [6.45, 7) is 4.65. The average molecular weight is 481 g/mol. The number of rotatable bonds is 9. The van der Waals surface area contributed by atoms with Crippen LogP contribution in [0.2, 0.25) is 0 Å². The van der Waals surface area contributed by atoms with Crippen molar-refractivity contribution in [1.29, 1.82) is 0 Å². The first-order chi connectivity index (χ1) is 16.8. The fourth-order valence-electron chi connectivity index (χ4n) is 4.88. The van der Waals surface area contributed by atoms with Crippen molar-refractivity contribution in [2.45, 2.75) is 44.8 Å². The zero-order valence-electron chi connectivity index (χ0n) is 20.0. The van der Waals surface area contributed by atoms with Crippen LogP contribution in [0.15, 0.2) is 48.5 Å². The van der Waals surface area contributed by atoms with Crippen LogP contribution in [0.1, 0.15) is 43.7 Å². The SMILES string of the molecule is CC(C)C(CC(=O)NCC1CCOC1C(=O)O)NC(=O)OCC1c2ccccc2-c2ccccc21. The summed E-state index contributed by atoms with van der Waals surface area (Å²) in [5.74, 6) is -1.56. The molecule has 3 N–H and O–H groups in total. The van der Waals surface area contributed by atoms with E-state index in [0.29, 0.717) is 13.0 Å². The average Bonchev–Trinajstić information content (AvgIpc) is 3.44. The third-order valence-corrected chi connectivity index (χ3v) is 6.88. The molecule has 1 fully saturated rings. The fraction of sp³-hybridized carbons (Fsp3) is 0.444. The van der Waals surface area contributed by atoms with Crippen molar-refractivity contribution >= 4 is 18.0 Å². The molecule has 1 heterocycles. The van der Waals surface area contributed by atoms with Gasteiger partial charge in [-0.25, -0.2) is 9.59 Å². The molecule has 4 rings (SSSR count). The molecule has 2 aromatic carbocycles. The molecule has 1 aliphatic carbocycles. The number of hydrogen-bond donors (Lipinski definition) is 3. The van der Waals surface area contributed by atoms with E-state index in [1.165, 1.54) is 0 Å². The monoisotopic (exact) mass is 480 g/mol. The van der Waals surface area contributed by atoms with Gasteiger partial charge in [-0.2, -0.15) is 0 Å².